The summed E-state index contributed by atoms with van der Waals surface area (Å²) in [5.41, 5.74) is 0.668. The molecule has 0 aliphatic carbocycles. The van der Waals surface area contributed by atoms with Crippen molar-refractivity contribution in [2.75, 3.05) is 0 Å². The van der Waals surface area contributed by atoms with Crippen LogP contribution in [0.5, 0.6) is 0 Å². The van der Waals surface area contributed by atoms with Gasteiger partial charge in [0.25, 0.3) is 0 Å². The molecular formula is C15H13F5N4S. The van der Waals surface area contributed by atoms with Crippen LogP contribution in [-0.4, -0.2) is 19.7 Å². The topological polar surface area (TPSA) is 43.6 Å². The average molecular weight is 376 g/mol. The Morgan fingerprint density at radius 3 is 2.04 bits per heavy atom. The molecule has 1 aromatic carbocycles. The maximum absolute atomic E-state index is 12.9. The summed E-state index contributed by atoms with van der Waals surface area (Å²) in [6.07, 6.45) is 0. The van der Waals surface area contributed by atoms with Gasteiger partial charge in [0.1, 0.15) is 5.82 Å². The fourth-order valence-corrected chi connectivity index (χ4v) is 3.05. The van der Waals surface area contributed by atoms with E-state index in [0.717, 1.165) is 6.07 Å². The van der Waals surface area contributed by atoms with Gasteiger partial charge in [-0.15, -0.1) is 10.2 Å². The molecule has 2 aromatic heterocycles. The minimum absolute atomic E-state index is 0.190. The van der Waals surface area contributed by atoms with E-state index in [0.29, 0.717) is 11.5 Å². The van der Waals surface area contributed by atoms with Crippen LogP contribution >= 0.6 is 10.2 Å². The summed E-state index contributed by atoms with van der Waals surface area (Å²) in [7, 11) is -9.83. The number of para-hydroxylation sites is 1. The Kier molecular flexibility index (Phi) is 3.31. The van der Waals surface area contributed by atoms with Crippen LogP contribution in [0.3, 0.4) is 0 Å². The van der Waals surface area contributed by atoms with Crippen molar-refractivity contribution < 1.29 is 19.4 Å². The molecule has 0 radical (unpaired) electrons. The van der Waals surface area contributed by atoms with Crippen LogP contribution in [0.4, 0.5) is 19.4 Å². The van der Waals surface area contributed by atoms with Crippen LogP contribution < -0.4 is 0 Å². The first-order valence-electron chi connectivity index (χ1n) is 7.06. The normalized spacial score (nSPS) is 14.8. The molecule has 0 bridgehead atoms. The highest BCUT2D eigenvalue weighted by Crippen LogP contribution is 3.01. The summed E-state index contributed by atoms with van der Waals surface area (Å²) in [6.45, 7) is 2.90. The van der Waals surface area contributed by atoms with E-state index in [1.165, 1.54) is 6.92 Å². The number of benzene rings is 1. The van der Waals surface area contributed by atoms with Crippen LogP contribution in [0, 0.1) is 13.8 Å². The predicted octanol–water partition coefficient (Wildman–Crippen LogP) is 5.60. The summed E-state index contributed by atoms with van der Waals surface area (Å²) in [5.74, 6) is 0.722. The van der Waals surface area contributed by atoms with Gasteiger partial charge >= 0.3 is 10.2 Å². The third-order valence-corrected chi connectivity index (χ3v) is 4.55. The second-order valence-electron chi connectivity index (χ2n) is 5.49. The molecule has 25 heavy (non-hydrogen) atoms. The quantitative estimate of drug-likeness (QED) is 0.559. The highest BCUT2D eigenvalue weighted by atomic mass is 32.5. The number of rotatable bonds is 3. The van der Waals surface area contributed by atoms with Gasteiger partial charge < -0.3 is 0 Å². The Morgan fingerprint density at radius 2 is 1.48 bits per heavy atom. The molecule has 0 unspecified atom stereocenters. The monoisotopic (exact) mass is 376 g/mol. The third kappa shape index (κ3) is 3.34. The molecule has 0 atom stereocenters. The first kappa shape index (κ1) is 17.3. The highest BCUT2D eigenvalue weighted by molar-refractivity contribution is 8.45. The number of nitrogens with zero attached hydrogens (tertiary/aromatic N) is 4. The Balaban J connectivity index is 2.18. The van der Waals surface area contributed by atoms with E-state index in [1.807, 2.05) is 0 Å². The van der Waals surface area contributed by atoms with Crippen LogP contribution in [0.15, 0.2) is 47.5 Å². The molecule has 0 saturated heterocycles. The minimum Gasteiger partial charge on any atom is -0.279 e. The Hall–Kier alpha value is -2.49. The average Bonchev–Trinajstić information content (AvgIpc) is 2.87. The Labute approximate surface area is 140 Å². The van der Waals surface area contributed by atoms with Gasteiger partial charge in [-0.2, -0.15) is 0 Å². The zero-order valence-corrected chi connectivity index (χ0v) is 13.9. The van der Waals surface area contributed by atoms with E-state index >= 15 is 0 Å². The van der Waals surface area contributed by atoms with Gasteiger partial charge in [-0.1, -0.05) is 37.6 Å². The lowest BCUT2D eigenvalue weighted by Gasteiger charge is -2.39. The predicted molar refractivity (Wildman–Crippen MR) is 85.5 cm³/mol. The molecule has 134 valence electrons. The molecule has 0 N–H and O–H groups in total. The summed E-state index contributed by atoms with van der Waals surface area (Å²) < 4.78 is 66.2. The number of hydrogen-bond acceptors (Lipinski definition) is 3. The van der Waals surface area contributed by atoms with E-state index in [-0.39, 0.29) is 23.1 Å². The number of aryl methyl sites for hydroxylation is 2. The van der Waals surface area contributed by atoms with Crippen LogP contribution in [0.2, 0.25) is 0 Å². The van der Waals surface area contributed by atoms with Crippen molar-refractivity contribution in [1.82, 2.24) is 19.7 Å². The maximum Gasteiger partial charge on any atom is 0.325 e. The molecule has 3 aromatic rings. The third-order valence-electron chi connectivity index (χ3n) is 3.54. The molecule has 4 nitrogen and oxygen atoms in total. The molecular weight excluding hydrogens is 363 g/mol. The molecule has 2 heterocycles. The molecule has 0 aliphatic rings. The van der Waals surface area contributed by atoms with Crippen molar-refractivity contribution in [2.24, 2.45) is 0 Å². The summed E-state index contributed by atoms with van der Waals surface area (Å²) in [4.78, 5) is 3.10. The molecule has 0 saturated carbocycles. The largest absolute Gasteiger partial charge is 0.325 e. The van der Waals surface area contributed by atoms with Crippen molar-refractivity contribution in [3.05, 3.63) is 54.0 Å². The molecule has 0 fully saturated rings. The number of pyridine rings is 1. The minimum atomic E-state index is -9.83. The molecule has 3 rings (SSSR count). The maximum atomic E-state index is 12.9. The van der Waals surface area contributed by atoms with E-state index in [9.17, 15) is 19.4 Å². The molecule has 0 amide bonds. The van der Waals surface area contributed by atoms with Crippen LogP contribution in [0.1, 0.15) is 11.5 Å². The van der Waals surface area contributed by atoms with E-state index in [2.05, 4.69) is 15.2 Å². The van der Waals surface area contributed by atoms with Crippen LogP contribution in [0.25, 0.3) is 17.1 Å². The van der Waals surface area contributed by atoms with Crippen molar-refractivity contribution in [1.29, 1.82) is 0 Å². The fraction of sp³-hybridized carbons (Fsp3) is 0.133. The Bertz CT molecular complexity index is 952. The van der Waals surface area contributed by atoms with Gasteiger partial charge in [0.15, 0.2) is 10.9 Å². The van der Waals surface area contributed by atoms with Crippen molar-refractivity contribution in [2.45, 2.75) is 18.9 Å². The fourth-order valence-electron chi connectivity index (χ4n) is 2.41. The van der Waals surface area contributed by atoms with Gasteiger partial charge in [0.2, 0.25) is 0 Å². The van der Waals surface area contributed by atoms with Gasteiger partial charge in [0.05, 0.1) is 0 Å². The van der Waals surface area contributed by atoms with Gasteiger partial charge in [-0.05, 0) is 38.1 Å². The van der Waals surface area contributed by atoms with Crippen molar-refractivity contribution in [3.63, 3.8) is 0 Å². The van der Waals surface area contributed by atoms with Crippen LogP contribution in [-0.2, 0) is 0 Å². The lowest BCUT2D eigenvalue weighted by molar-refractivity contribution is 0.358. The molecule has 0 spiro atoms. The first-order valence-corrected chi connectivity index (χ1v) is 9.01. The molecule has 10 heteroatoms. The van der Waals surface area contributed by atoms with E-state index in [4.69, 9.17) is 0 Å². The van der Waals surface area contributed by atoms with Crippen molar-refractivity contribution in [3.8, 4) is 17.1 Å². The lowest BCUT2D eigenvalue weighted by atomic mass is 10.2. The second kappa shape index (κ2) is 4.78. The second-order valence-corrected chi connectivity index (χ2v) is 7.85. The van der Waals surface area contributed by atoms with Gasteiger partial charge in [-0.25, -0.2) is 4.98 Å². The molecule has 0 aliphatic heterocycles. The van der Waals surface area contributed by atoms with Gasteiger partial charge in [0, 0.05) is 16.9 Å². The summed E-state index contributed by atoms with van der Waals surface area (Å²) in [5, 5.41) is 5.73. The van der Waals surface area contributed by atoms with E-state index < -0.39 is 15.3 Å². The van der Waals surface area contributed by atoms with E-state index in [1.54, 1.807) is 41.8 Å². The first-order chi connectivity index (χ1) is 11.4. The summed E-state index contributed by atoms with van der Waals surface area (Å²) >= 11 is 0. The SMILES string of the molecule is Cc1nc(S(F)(F)(F)(F)F)ccc1-c1nnc(C)n1-c1ccccc1. The van der Waals surface area contributed by atoms with Crippen molar-refractivity contribution >= 4 is 10.2 Å². The lowest BCUT2D eigenvalue weighted by Crippen LogP contribution is -2.10. The van der Waals surface area contributed by atoms with Gasteiger partial charge in [-0.3, -0.25) is 4.57 Å². The Morgan fingerprint density at radius 1 is 0.840 bits per heavy atom. The zero-order valence-electron chi connectivity index (χ0n) is 13.1. The summed E-state index contributed by atoms with van der Waals surface area (Å²) in [6, 6.07) is 10.1. The zero-order chi connectivity index (χ0) is 18.5. The number of aromatic nitrogens is 4. The highest BCUT2D eigenvalue weighted by Gasteiger charge is 2.67. The number of halogens is 5. The standard InChI is InChI=1S/C15H13F5N4S/c1-10-13(8-9-14(21-10)25(16,17,18,19)20)15-23-22-11(2)24(15)12-6-4-3-5-7-12/h3-9H,1-2H3. The number of hydrogen-bond donors (Lipinski definition) is 0. The smallest absolute Gasteiger partial charge is 0.279 e.